The van der Waals surface area contributed by atoms with Crippen molar-refractivity contribution in [2.24, 2.45) is 0 Å². The van der Waals surface area contributed by atoms with Crippen molar-refractivity contribution in [2.75, 3.05) is 18.0 Å². The first-order valence-electron chi connectivity index (χ1n) is 5.09. The molecule has 0 saturated carbocycles. The maximum absolute atomic E-state index is 11.6. The van der Waals surface area contributed by atoms with Gasteiger partial charge in [-0.3, -0.25) is 9.59 Å². The van der Waals surface area contributed by atoms with Gasteiger partial charge in [-0.25, -0.2) is 4.79 Å². The fourth-order valence-electron chi connectivity index (χ4n) is 1.64. The van der Waals surface area contributed by atoms with Crippen LogP contribution in [0.4, 0.5) is 5.69 Å². The summed E-state index contributed by atoms with van der Waals surface area (Å²) in [5.41, 5.74) is 0.240. The third-order valence-electron chi connectivity index (χ3n) is 2.53. The highest BCUT2D eigenvalue weighted by molar-refractivity contribution is 6.33. The zero-order chi connectivity index (χ0) is 13.3. The number of carboxylic acids is 1. The average Bonchev–Trinajstić information content (AvgIpc) is 2.33. The van der Waals surface area contributed by atoms with Gasteiger partial charge < -0.3 is 15.3 Å². The van der Waals surface area contributed by atoms with E-state index in [1.165, 1.54) is 23.1 Å². The zero-order valence-corrected chi connectivity index (χ0v) is 9.90. The van der Waals surface area contributed by atoms with Crippen LogP contribution in [0.15, 0.2) is 18.2 Å². The van der Waals surface area contributed by atoms with Gasteiger partial charge in [0.15, 0.2) is 0 Å². The normalized spacial score (nSPS) is 15.5. The number of piperazine rings is 1. The Kier molecular flexibility index (Phi) is 3.20. The summed E-state index contributed by atoms with van der Waals surface area (Å²) in [5, 5.41) is 11.4. The van der Waals surface area contributed by atoms with Crippen molar-refractivity contribution in [2.45, 2.75) is 0 Å². The quantitative estimate of drug-likeness (QED) is 0.818. The minimum absolute atomic E-state index is 0.0835. The minimum Gasteiger partial charge on any atom is -0.478 e. The van der Waals surface area contributed by atoms with E-state index in [1.807, 2.05) is 0 Å². The summed E-state index contributed by atoms with van der Waals surface area (Å²) in [7, 11) is 0. The number of carboxylic acid groups (broad SMARTS) is 1. The number of nitrogens with zero attached hydrogens (tertiary/aromatic N) is 1. The summed E-state index contributed by atoms with van der Waals surface area (Å²) in [6.45, 7) is -0.219. The lowest BCUT2D eigenvalue weighted by atomic mass is 10.1. The highest BCUT2D eigenvalue weighted by atomic mass is 35.5. The Hall–Kier alpha value is -2.08. The molecular weight excluding hydrogens is 260 g/mol. The molecule has 0 unspecified atom stereocenters. The lowest BCUT2D eigenvalue weighted by molar-refractivity contribution is -0.128. The smallest absolute Gasteiger partial charge is 0.337 e. The molecular formula is C11H9ClN2O4. The van der Waals surface area contributed by atoms with Gasteiger partial charge in [0, 0.05) is 5.69 Å². The molecule has 0 bridgehead atoms. The lowest BCUT2D eigenvalue weighted by Gasteiger charge is -2.26. The first-order chi connectivity index (χ1) is 8.49. The number of aromatic carboxylic acids is 1. The molecule has 0 radical (unpaired) electrons. The van der Waals surface area contributed by atoms with Crippen molar-refractivity contribution in [1.29, 1.82) is 0 Å². The van der Waals surface area contributed by atoms with Gasteiger partial charge in [-0.05, 0) is 18.2 Å². The zero-order valence-electron chi connectivity index (χ0n) is 9.14. The van der Waals surface area contributed by atoms with Gasteiger partial charge in [0.2, 0.25) is 11.8 Å². The van der Waals surface area contributed by atoms with Crippen LogP contribution < -0.4 is 10.2 Å². The Labute approximate surface area is 107 Å². The summed E-state index contributed by atoms with van der Waals surface area (Å²) in [4.78, 5) is 35.0. The predicted octanol–water partition coefficient (Wildman–Crippen LogP) is 0.501. The number of amides is 2. The Morgan fingerprint density at radius 3 is 2.78 bits per heavy atom. The lowest BCUT2D eigenvalue weighted by Crippen LogP contribution is -2.51. The number of anilines is 1. The van der Waals surface area contributed by atoms with Crippen molar-refractivity contribution in [1.82, 2.24) is 5.32 Å². The molecule has 0 spiro atoms. The molecule has 1 aliphatic heterocycles. The van der Waals surface area contributed by atoms with E-state index >= 15 is 0 Å². The van der Waals surface area contributed by atoms with Crippen LogP contribution in [0, 0.1) is 0 Å². The molecule has 18 heavy (non-hydrogen) atoms. The minimum atomic E-state index is -1.18. The second-order valence-electron chi connectivity index (χ2n) is 3.73. The monoisotopic (exact) mass is 268 g/mol. The Morgan fingerprint density at radius 1 is 1.39 bits per heavy atom. The number of halogens is 1. The molecule has 1 aromatic carbocycles. The third kappa shape index (κ3) is 2.28. The Bertz CT molecular complexity index is 544. The van der Waals surface area contributed by atoms with Crippen LogP contribution in [0.1, 0.15) is 10.4 Å². The van der Waals surface area contributed by atoms with Crippen molar-refractivity contribution >= 4 is 35.1 Å². The SMILES string of the molecule is O=C1CN(c2ccc(Cl)c(C(=O)O)c2)C(=O)CN1. The summed E-state index contributed by atoms with van der Waals surface area (Å²) in [6, 6.07) is 4.17. The Morgan fingerprint density at radius 2 is 2.11 bits per heavy atom. The fraction of sp³-hybridized carbons (Fsp3) is 0.182. The van der Waals surface area contributed by atoms with Gasteiger partial charge in [-0.15, -0.1) is 0 Å². The van der Waals surface area contributed by atoms with Crippen molar-refractivity contribution < 1.29 is 19.5 Å². The van der Waals surface area contributed by atoms with Gasteiger partial charge in [0.1, 0.15) is 6.54 Å². The van der Waals surface area contributed by atoms with E-state index in [-0.39, 0.29) is 35.5 Å². The molecule has 1 aromatic rings. The molecule has 0 atom stereocenters. The second kappa shape index (κ2) is 4.66. The number of nitrogens with one attached hydrogen (secondary N) is 1. The third-order valence-corrected chi connectivity index (χ3v) is 2.86. The second-order valence-corrected chi connectivity index (χ2v) is 4.13. The first kappa shape index (κ1) is 12.4. The molecule has 0 aromatic heterocycles. The van der Waals surface area contributed by atoms with E-state index in [1.54, 1.807) is 0 Å². The number of rotatable bonds is 2. The van der Waals surface area contributed by atoms with E-state index in [9.17, 15) is 14.4 Å². The molecule has 2 amide bonds. The summed E-state index contributed by atoms with van der Waals surface area (Å²) >= 11 is 5.73. The number of carbonyl (C=O) groups excluding carboxylic acids is 2. The van der Waals surface area contributed by atoms with Crippen molar-refractivity contribution in [3.8, 4) is 0 Å². The van der Waals surface area contributed by atoms with Crippen LogP contribution in [0.2, 0.25) is 5.02 Å². The van der Waals surface area contributed by atoms with Crippen LogP contribution in [0.5, 0.6) is 0 Å². The van der Waals surface area contributed by atoms with E-state index in [0.717, 1.165) is 0 Å². The number of hydrogen-bond acceptors (Lipinski definition) is 3. The largest absolute Gasteiger partial charge is 0.478 e. The summed E-state index contributed by atoms with van der Waals surface area (Å²) in [6.07, 6.45) is 0. The number of carbonyl (C=O) groups is 3. The summed E-state index contributed by atoms with van der Waals surface area (Å²) in [5.74, 6) is -1.77. The fourth-order valence-corrected chi connectivity index (χ4v) is 1.84. The van der Waals surface area contributed by atoms with Gasteiger partial charge in [0.25, 0.3) is 0 Å². The number of hydrogen-bond donors (Lipinski definition) is 2. The van der Waals surface area contributed by atoms with Crippen molar-refractivity contribution in [3.05, 3.63) is 28.8 Å². The van der Waals surface area contributed by atoms with Gasteiger partial charge in [0.05, 0.1) is 17.1 Å². The number of benzene rings is 1. The predicted molar refractivity (Wildman–Crippen MR) is 63.8 cm³/mol. The highest BCUT2D eigenvalue weighted by Gasteiger charge is 2.25. The topological polar surface area (TPSA) is 86.7 Å². The molecule has 7 heteroatoms. The highest BCUT2D eigenvalue weighted by Crippen LogP contribution is 2.24. The van der Waals surface area contributed by atoms with Crippen LogP contribution in [-0.2, 0) is 9.59 Å². The molecule has 94 valence electrons. The molecule has 2 rings (SSSR count). The molecule has 1 aliphatic rings. The van der Waals surface area contributed by atoms with E-state index in [0.29, 0.717) is 5.69 Å². The van der Waals surface area contributed by atoms with Crippen molar-refractivity contribution in [3.63, 3.8) is 0 Å². The van der Waals surface area contributed by atoms with Gasteiger partial charge in [-0.2, -0.15) is 0 Å². The Balaban J connectivity index is 2.38. The average molecular weight is 269 g/mol. The standard InChI is InChI=1S/C11H9ClN2O4/c12-8-2-1-6(3-7(8)11(17)18)14-5-9(15)13-4-10(14)16/h1-3H,4-5H2,(H,13,15)(H,17,18). The van der Waals surface area contributed by atoms with E-state index < -0.39 is 5.97 Å². The molecule has 6 nitrogen and oxygen atoms in total. The van der Waals surface area contributed by atoms with Gasteiger partial charge in [-0.1, -0.05) is 11.6 Å². The van der Waals surface area contributed by atoms with Crippen LogP contribution in [0.25, 0.3) is 0 Å². The molecule has 1 heterocycles. The van der Waals surface area contributed by atoms with E-state index in [4.69, 9.17) is 16.7 Å². The molecule has 2 N–H and O–H groups in total. The van der Waals surface area contributed by atoms with Crippen LogP contribution in [0.3, 0.4) is 0 Å². The summed E-state index contributed by atoms with van der Waals surface area (Å²) < 4.78 is 0. The molecule has 0 aliphatic carbocycles. The van der Waals surface area contributed by atoms with Crippen LogP contribution >= 0.6 is 11.6 Å². The molecule has 1 saturated heterocycles. The maximum atomic E-state index is 11.6. The molecule has 1 fully saturated rings. The first-order valence-corrected chi connectivity index (χ1v) is 5.47. The maximum Gasteiger partial charge on any atom is 0.337 e. The van der Waals surface area contributed by atoms with E-state index in [2.05, 4.69) is 5.32 Å². The van der Waals surface area contributed by atoms with Crippen LogP contribution in [-0.4, -0.2) is 36.0 Å². The van der Waals surface area contributed by atoms with Gasteiger partial charge >= 0.3 is 5.97 Å².